The van der Waals surface area contributed by atoms with Crippen LogP contribution in [0.25, 0.3) is 71.2 Å². The number of hydrogen-bond acceptors (Lipinski definition) is 5. The molecule has 5 heteroatoms. The smallest absolute Gasteiger partial charge is 0.164 e. The minimum atomic E-state index is 0.396. The van der Waals surface area contributed by atoms with Crippen LogP contribution in [0, 0.1) is 5.92 Å². The molecule has 0 fully saturated rings. The predicted octanol–water partition coefficient (Wildman–Crippen LogP) is 10.8. The van der Waals surface area contributed by atoms with E-state index >= 15 is 0 Å². The van der Waals surface area contributed by atoms with Crippen molar-refractivity contribution in [1.82, 2.24) is 15.0 Å². The molecule has 9 rings (SSSR count). The van der Waals surface area contributed by atoms with E-state index in [-0.39, 0.29) is 0 Å². The largest absolute Gasteiger partial charge is 0.253 e. The normalized spacial score (nSPS) is 15.4. The number of benzene rings is 5. The van der Waals surface area contributed by atoms with Gasteiger partial charge in [-0.15, -0.1) is 11.3 Å². The fourth-order valence-electron chi connectivity index (χ4n) is 6.46. The van der Waals surface area contributed by atoms with Gasteiger partial charge in [0, 0.05) is 48.5 Å². The van der Waals surface area contributed by atoms with Crippen LogP contribution in [0.2, 0.25) is 0 Å². The first-order chi connectivity index (χ1) is 23.3. The van der Waals surface area contributed by atoms with E-state index in [9.17, 15) is 0 Å². The van der Waals surface area contributed by atoms with E-state index in [1.165, 1.54) is 31.3 Å². The number of hydrogen-bond donors (Lipinski definition) is 0. The van der Waals surface area contributed by atoms with Gasteiger partial charge in [0.05, 0.1) is 5.70 Å². The highest BCUT2D eigenvalue weighted by Crippen LogP contribution is 2.41. The fourth-order valence-corrected chi connectivity index (χ4v) is 7.57. The Bertz CT molecular complexity index is 2360. The molecule has 1 aliphatic carbocycles. The highest BCUT2D eigenvalue weighted by atomic mass is 32.1. The summed E-state index contributed by atoms with van der Waals surface area (Å²) in [5, 5.41) is 2.37. The summed E-state index contributed by atoms with van der Waals surface area (Å²) in [5.74, 6) is 2.39. The molecule has 0 saturated heterocycles. The standard InChI is InChI=1S/C42H28N4S/c1-3-11-30(12-4-1)40-44-41(31-13-5-2-6-14-31)46-42(45-40)33-15-9-17-38-39(33)34-26-32(23-25-37(34)47-38)27-18-20-29(21-19-27)36-24-22-28-10-7-8-16-35(28)43-36/h1-21,23-26,28H,22H2. The van der Waals surface area contributed by atoms with Crippen LogP contribution in [0.4, 0.5) is 0 Å². The summed E-state index contributed by atoms with van der Waals surface area (Å²) in [5.41, 5.74) is 8.61. The molecular formula is C42H28N4S. The second kappa shape index (κ2) is 11.5. The Morgan fingerprint density at radius 1 is 0.553 bits per heavy atom. The first kappa shape index (κ1) is 27.5. The Morgan fingerprint density at radius 3 is 1.98 bits per heavy atom. The van der Waals surface area contributed by atoms with E-state index in [0.717, 1.165) is 40.1 Å². The van der Waals surface area contributed by atoms with E-state index in [1.54, 1.807) is 11.3 Å². The maximum absolute atomic E-state index is 5.05. The van der Waals surface area contributed by atoms with Crippen LogP contribution in [0.5, 0.6) is 0 Å². The molecule has 7 aromatic rings. The van der Waals surface area contributed by atoms with Crippen LogP contribution >= 0.6 is 11.3 Å². The molecule has 1 aliphatic heterocycles. The van der Waals surface area contributed by atoms with E-state index in [4.69, 9.17) is 19.9 Å². The molecule has 0 radical (unpaired) electrons. The number of aliphatic imine (C=N–C) groups is 1. The second-order valence-corrected chi connectivity index (χ2v) is 12.9. The van der Waals surface area contributed by atoms with E-state index < -0.39 is 0 Å². The summed E-state index contributed by atoms with van der Waals surface area (Å²) in [4.78, 5) is 20.0. The van der Waals surface area contributed by atoms with Gasteiger partial charge in [0.25, 0.3) is 0 Å². The zero-order chi connectivity index (χ0) is 31.2. The van der Waals surface area contributed by atoms with Gasteiger partial charge in [-0.2, -0.15) is 0 Å². The van der Waals surface area contributed by atoms with Crippen molar-refractivity contribution < 1.29 is 0 Å². The van der Waals surface area contributed by atoms with Gasteiger partial charge < -0.3 is 0 Å². The second-order valence-electron chi connectivity index (χ2n) is 11.8. The fraction of sp³-hybridized carbons (Fsp3) is 0.0476. The SMILES string of the molecule is C1=CC2=NC(c3ccc(-c4ccc5sc6cccc(-c7nc(-c8ccccc8)nc(-c8ccccc8)n7)c6c5c4)cc3)=CCC2C=C1. The molecule has 3 heterocycles. The van der Waals surface area contributed by atoms with Crippen molar-refractivity contribution in [3.63, 3.8) is 0 Å². The van der Waals surface area contributed by atoms with Gasteiger partial charge >= 0.3 is 0 Å². The Balaban J connectivity index is 1.14. The quantitative estimate of drug-likeness (QED) is 0.192. The van der Waals surface area contributed by atoms with Crippen molar-refractivity contribution >= 4 is 42.9 Å². The number of thiophene rings is 1. The summed E-state index contributed by atoms with van der Waals surface area (Å²) in [7, 11) is 0. The molecule has 0 bridgehead atoms. The van der Waals surface area contributed by atoms with Crippen molar-refractivity contribution in [3.05, 3.63) is 157 Å². The first-order valence-electron chi connectivity index (χ1n) is 15.8. The molecule has 47 heavy (non-hydrogen) atoms. The molecular weight excluding hydrogens is 593 g/mol. The number of nitrogens with zero attached hydrogens (tertiary/aromatic N) is 4. The monoisotopic (exact) mass is 620 g/mol. The summed E-state index contributed by atoms with van der Waals surface area (Å²) in [6.45, 7) is 0. The highest BCUT2D eigenvalue weighted by molar-refractivity contribution is 7.26. The number of fused-ring (bicyclic) bond motifs is 4. The highest BCUT2D eigenvalue weighted by Gasteiger charge is 2.19. The lowest BCUT2D eigenvalue weighted by molar-refractivity contribution is 0.866. The zero-order valence-corrected chi connectivity index (χ0v) is 26.2. The number of allylic oxidation sites excluding steroid dienone is 5. The third-order valence-corrected chi connectivity index (χ3v) is 10.0. The molecule has 5 aromatic carbocycles. The molecule has 0 amide bonds. The van der Waals surface area contributed by atoms with Gasteiger partial charge in [-0.3, -0.25) is 4.99 Å². The summed E-state index contributed by atoms with van der Waals surface area (Å²) >= 11 is 1.80. The third kappa shape index (κ3) is 5.11. The molecule has 4 nitrogen and oxygen atoms in total. The van der Waals surface area contributed by atoms with Crippen molar-refractivity contribution in [2.45, 2.75) is 6.42 Å². The summed E-state index contributed by atoms with van der Waals surface area (Å²) in [6, 6.07) is 42.3. The Kier molecular flexibility index (Phi) is 6.76. The van der Waals surface area contributed by atoms with Gasteiger partial charge in [0.1, 0.15) is 0 Å². The van der Waals surface area contributed by atoms with Crippen molar-refractivity contribution in [3.8, 4) is 45.3 Å². The predicted molar refractivity (Wildman–Crippen MR) is 196 cm³/mol. The molecule has 222 valence electrons. The Labute approximate surface area is 276 Å². The minimum Gasteiger partial charge on any atom is -0.253 e. The Morgan fingerprint density at radius 2 is 1.23 bits per heavy atom. The molecule has 0 saturated carbocycles. The Hall–Kier alpha value is -5.78. The lowest BCUT2D eigenvalue weighted by Crippen LogP contribution is -2.14. The van der Waals surface area contributed by atoms with Crippen molar-refractivity contribution in [1.29, 1.82) is 0 Å². The average Bonchev–Trinajstić information content (AvgIpc) is 3.53. The van der Waals surface area contributed by atoms with Gasteiger partial charge in [0.2, 0.25) is 0 Å². The summed E-state index contributed by atoms with van der Waals surface area (Å²) < 4.78 is 2.45. The molecule has 1 unspecified atom stereocenters. The lowest BCUT2D eigenvalue weighted by Gasteiger charge is -2.20. The maximum atomic E-state index is 5.05. The van der Waals surface area contributed by atoms with Gasteiger partial charge in [-0.1, -0.05) is 127 Å². The van der Waals surface area contributed by atoms with Gasteiger partial charge in [0.15, 0.2) is 17.5 Å². The third-order valence-electron chi connectivity index (χ3n) is 8.87. The van der Waals surface area contributed by atoms with E-state index in [0.29, 0.717) is 23.4 Å². The minimum absolute atomic E-state index is 0.396. The number of aromatic nitrogens is 3. The zero-order valence-electron chi connectivity index (χ0n) is 25.4. The van der Waals surface area contributed by atoms with E-state index in [2.05, 4.69) is 91.0 Å². The maximum Gasteiger partial charge on any atom is 0.164 e. The lowest BCUT2D eigenvalue weighted by atomic mass is 9.91. The van der Waals surface area contributed by atoms with Gasteiger partial charge in [-0.25, -0.2) is 15.0 Å². The number of rotatable bonds is 5. The van der Waals surface area contributed by atoms with Crippen LogP contribution < -0.4 is 0 Å². The summed E-state index contributed by atoms with van der Waals surface area (Å²) in [6.07, 6.45) is 11.8. The molecule has 0 spiro atoms. The molecule has 2 aliphatic rings. The first-order valence-corrected chi connectivity index (χ1v) is 16.7. The van der Waals surface area contributed by atoms with Crippen LogP contribution in [0.15, 0.2) is 157 Å². The topological polar surface area (TPSA) is 51.0 Å². The van der Waals surface area contributed by atoms with Crippen molar-refractivity contribution in [2.75, 3.05) is 0 Å². The molecule has 0 N–H and O–H groups in total. The van der Waals surface area contributed by atoms with Crippen LogP contribution in [-0.4, -0.2) is 20.7 Å². The molecule has 1 atom stereocenters. The molecule has 2 aromatic heterocycles. The average molecular weight is 621 g/mol. The van der Waals surface area contributed by atoms with Crippen LogP contribution in [-0.2, 0) is 0 Å². The van der Waals surface area contributed by atoms with Crippen LogP contribution in [0.3, 0.4) is 0 Å². The van der Waals surface area contributed by atoms with Crippen LogP contribution in [0.1, 0.15) is 12.0 Å². The van der Waals surface area contributed by atoms with Gasteiger partial charge in [-0.05, 0) is 47.4 Å². The van der Waals surface area contributed by atoms with Crippen molar-refractivity contribution in [2.24, 2.45) is 10.9 Å². The van der Waals surface area contributed by atoms with E-state index in [1.807, 2.05) is 60.7 Å².